The fourth-order valence-corrected chi connectivity index (χ4v) is 2.15. The van der Waals surface area contributed by atoms with E-state index in [1.54, 1.807) is 11.9 Å². The minimum absolute atomic E-state index is 0.160. The Labute approximate surface area is 116 Å². The first kappa shape index (κ1) is 14.0. The van der Waals surface area contributed by atoms with Gasteiger partial charge in [-0.05, 0) is 31.5 Å². The molecule has 0 aliphatic rings. The molecule has 20 heavy (non-hydrogen) atoms. The fourth-order valence-electron chi connectivity index (χ4n) is 2.15. The van der Waals surface area contributed by atoms with Gasteiger partial charge in [0.2, 0.25) is 0 Å². The number of halogens is 1. The van der Waals surface area contributed by atoms with Crippen molar-refractivity contribution in [3.05, 3.63) is 53.0 Å². The predicted molar refractivity (Wildman–Crippen MR) is 75.1 cm³/mol. The van der Waals surface area contributed by atoms with Crippen LogP contribution in [0.2, 0.25) is 0 Å². The van der Waals surface area contributed by atoms with Gasteiger partial charge < -0.3 is 10.0 Å². The molecule has 0 bridgehead atoms. The van der Waals surface area contributed by atoms with E-state index >= 15 is 0 Å². The minimum Gasteiger partial charge on any atom is -0.478 e. The van der Waals surface area contributed by atoms with E-state index in [4.69, 9.17) is 5.11 Å². The van der Waals surface area contributed by atoms with Crippen LogP contribution >= 0.6 is 0 Å². The number of pyridine rings is 1. The van der Waals surface area contributed by atoms with Gasteiger partial charge >= 0.3 is 5.97 Å². The third-order valence-electron chi connectivity index (χ3n) is 3.10. The molecule has 0 saturated carbocycles. The zero-order chi connectivity index (χ0) is 14.9. The molecule has 0 fully saturated rings. The summed E-state index contributed by atoms with van der Waals surface area (Å²) < 4.78 is 13.2. The highest BCUT2D eigenvalue weighted by atomic mass is 19.1. The molecule has 0 aliphatic heterocycles. The number of carboxylic acid groups (broad SMARTS) is 1. The topological polar surface area (TPSA) is 53.4 Å². The normalized spacial score (nSPS) is 10.4. The van der Waals surface area contributed by atoms with Gasteiger partial charge in [-0.15, -0.1) is 0 Å². The van der Waals surface area contributed by atoms with Gasteiger partial charge in [-0.1, -0.05) is 17.7 Å². The number of hydrogen-bond acceptors (Lipinski definition) is 3. The van der Waals surface area contributed by atoms with E-state index in [9.17, 15) is 9.18 Å². The average Bonchev–Trinajstić information content (AvgIpc) is 2.37. The summed E-state index contributed by atoms with van der Waals surface area (Å²) >= 11 is 0. The van der Waals surface area contributed by atoms with E-state index in [1.165, 1.54) is 0 Å². The smallest absolute Gasteiger partial charge is 0.339 e. The van der Waals surface area contributed by atoms with Crippen molar-refractivity contribution in [2.24, 2.45) is 0 Å². The summed E-state index contributed by atoms with van der Waals surface area (Å²) in [6.45, 7) is 3.92. The number of aromatic nitrogens is 1. The Balaban J connectivity index is 2.53. The van der Waals surface area contributed by atoms with Crippen molar-refractivity contribution >= 4 is 17.5 Å². The second-order valence-corrected chi connectivity index (χ2v) is 4.68. The molecule has 0 saturated heterocycles. The van der Waals surface area contributed by atoms with Crippen LogP contribution in [0.25, 0.3) is 0 Å². The van der Waals surface area contributed by atoms with Crippen molar-refractivity contribution in [3.8, 4) is 0 Å². The third-order valence-corrected chi connectivity index (χ3v) is 3.10. The number of benzene rings is 1. The van der Waals surface area contributed by atoms with Crippen molar-refractivity contribution in [1.29, 1.82) is 0 Å². The zero-order valence-electron chi connectivity index (χ0n) is 11.5. The van der Waals surface area contributed by atoms with Gasteiger partial charge in [0, 0.05) is 12.7 Å². The van der Waals surface area contributed by atoms with Gasteiger partial charge in [0.15, 0.2) is 0 Å². The van der Waals surface area contributed by atoms with Crippen LogP contribution in [-0.2, 0) is 0 Å². The summed E-state index contributed by atoms with van der Waals surface area (Å²) in [7, 11) is 1.71. The average molecular weight is 274 g/mol. The number of aromatic carboxylic acids is 1. The first-order chi connectivity index (χ1) is 9.40. The maximum Gasteiger partial charge on any atom is 0.339 e. The van der Waals surface area contributed by atoms with Crippen molar-refractivity contribution in [2.75, 3.05) is 11.9 Å². The highest BCUT2D eigenvalue weighted by molar-refractivity contribution is 5.94. The molecule has 1 heterocycles. The van der Waals surface area contributed by atoms with Crippen LogP contribution in [-0.4, -0.2) is 23.1 Å². The van der Waals surface area contributed by atoms with Crippen LogP contribution in [0.3, 0.4) is 0 Å². The summed E-state index contributed by atoms with van der Waals surface area (Å²) in [6.07, 6.45) is 1.02. The standard InChI is InChI=1S/C15H15FN2O2/c1-9-4-5-13(10(2)6-9)18(3)14-12(15(19)20)7-11(16)8-17-14/h4-8H,1-3H3,(H,19,20). The lowest BCUT2D eigenvalue weighted by Gasteiger charge is -2.22. The molecule has 0 amide bonds. The van der Waals surface area contributed by atoms with Crippen LogP contribution in [0, 0.1) is 19.7 Å². The number of nitrogens with zero attached hydrogens (tertiary/aromatic N) is 2. The number of hydrogen-bond donors (Lipinski definition) is 1. The summed E-state index contributed by atoms with van der Waals surface area (Å²) in [5, 5.41) is 9.17. The second-order valence-electron chi connectivity index (χ2n) is 4.68. The molecule has 0 unspecified atom stereocenters. The van der Waals surface area contributed by atoms with Gasteiger partial charge in [0.05, 0.1) is 6.20 Å². The molecule has 0 atom stereocenters. The molecular formula is C15H15FN2O2. The third kappa shape index (κ3) is 2.61. The van der Waals surface area contributed by atoms with E-state index in [0.717, 1.165) is 29.1 Å². The van der Waals surface area contributed by atoms with E-state index < -0.39 is 11.8 Å². The van der Waals surface area contributed by atoms with Gasteiger partial charge in [-0.3, -0.25) is 0 Å². The quantitative estimate of drug-likeness (QED) is 0.933. The molecule has 1 aromatic carbocycles. The minimum atomic E-state index is -1.20. The van der Waals surface area contributed by atoms with Gasteiger partial charge in [-0.25, -0.2) is 14.2 Å². The Bertz CT molecular complexity index is 671. The highest BCUT2D eigenvalue weighted by Gasteiger charge is 2.18. The number of aryl methyl sites for hydroxylation is 2. The molecule has 2 rings (SSSR count). The molecule has 104 valence electrons. The molecule has 0 aliphatic carbocycles. The Morgan fingerprint density at radius 1 is 1.30 bits per heavy atom. The number of carboxylic acids is 1. The lowest BCUT2D eigenvalue weighted by atomic mass is 10.1. The first-order valence-electron chi connectivity index (χ1n) is 6.10. The lowest BCUT2D eigenvalue weighted by molar-refractivity contribution is 0.0696. The Morgan fingerprint density at radius 2 is 2.00 bits per heavy atom. The summed E-state index contributed by atoms with van der Waals surface area (Å²) in [6, 6.07) is 6.80. The number of rotatable bonds is 3. The fraction of sp³-hybridized carbons (Fsp3) is 0.200. The molecule has 5 heteroatoms. The predicted octanol–water partition coefficient (Wildman–Crippen LogP) is 3.30. The Morgan fingerprint density at radius 3 is 2.60 bits per heavy atom. The number of carbonyl (C=O) groups is 1. The molecular weight excluding hydrogens is 259 g/mol. The maximum absolute atomic E-state index is 13.2. The molecule has 4 nitrogen and oxygen atoms in total. The van der Waals surface area contributed by atoms with Gasteiger partial charge in [0.1, 0.15) is 17.2 Å². The second kappa shape index (κ2) is 5.28. The van der Waals surface area contributed by atoms with Crippen LogP contribution in [0.4, 0.5) is 15.9 Å². The summed E-state index contributed by atoms with van der Waals surface area (Å²) in [5.41, 5.74) is 2.78. The van der Waals surface area contributed by atoms with Crippen LogP contribution in [0.5, 0.6) is 0 Å². The molecule has 0 spiro atoms. The molecule has 1 N–H and O–H groups in total. The van der Waals surface area contributed by atoms with E-state index in [0.29, 0.717) is 0 Å². The highest BCUT2D eigenvalue weighted by Crippen LogP contribution is 2.28. The van der Waals surface area contributed by atoms with Crippen molar-refractivity contribution < 1.29 is 14.3 Å². The van der Waals surface area contributed by atoms with E-state index in [1.807, 2.05) is 32.0 Å². The molecule has 2 aromatic rings. The Kier molecular flexibility index (Phi) is 3.70. The van der Waals surface area contributed by atoms with Crippen molar-refractivity contribution in [3.63, 3.8) is 0 Å². The molecule has 0 radical (unpaired) electrons. The van der Waals surface area contributed by atoms with Crippen LogP contribution in [0.1, 0.15) is 21.5 Å². The van der Waals surface area contributed by atoms with Gasteiger partial charge in [0.25, 0.3) is 0 Å². The molecule has 1 aromatic heterocycles. The SMILES string of the molecule is Cc1ccc(N(C)c2ncc(F)cc2C(=O)O)c(C)c1. The Hall–Kier alpha value is -2.43. The van der Waals surface area contributed by atoms with Crippen LogP contribution < -0.4 is 4.90 Å². The van der Waals surface area contributed by atoms with Gasteiger partial charge in [-0.2, -0.15) is 0 Å². The lowest BCUT2D eigenvalue weighted by Crippen LogP contribution is -2.17. The first-order valence-corrected chi connectivity index (χ1v) is 6.10. The van der Waals surface area contributed by atoms with E-state index in [-0.39, 0.29) is 11.4 Å². The largest absolute Gasteiger partial charge is 0.478 e. The van der Waals surface area contributed by atoms with E-state index in [2.05, 4.69) is 4.98 Å². The summed E-state index contributed by atoms with van der Waals surface area (Å²) in [5.74, 6) is -1.66. The van der Waals surface area contributed by atoms with Crippen LogP contribution in [0.15, 0.2) is 30.5 Å². The zero-order valence-corrected chi connectivity index (χ0v) is 11.5. The van der Waals surface area contributed by atoms with Crippen molar-refractivity contribution in [1.82, 2.24) is 4.98 Å². The maximum atomic E-state index is 13.2. The monoisotopic (exact) mass is 274 g/mol. The summed E-state index contributed by atoms with van der Waals surface area (Å²) in [4.78, 5) is 16.8. The van der Waals surface area contributed by atoms with Crippen molar-refractivity contribution in [2.45, 2.75) is 13.8 Å². The number of anilines is 2.